The van der Waals surface area contributed by atoms with Crippen LogP contribution in [0.4, 0.5) is 0 Å². The van der Waals surface area contributed by atoms with Gasteiger partial charge in [-0.2, -0.15) is 0 Å². The van der Waals surface area contributed by atoms with Crippen molar-refractivity contribution in [3.8, 4) is 0 Å². The number of carbonyl (C=O) groups excluding carboxylic acids is 1. The monoisotopic (exact) mass is 264 g/mol. The third kappa shape index (κ3) is 3.00. The van der Waals surface area contributed by atoms with Gasteiger partial charge in [0.25, 0.3) is 0 Å². The van der Waals surface area contributed by atoms with E-state index in [2.05, 4.69) is 10.4 Å². The fourth-order valence-corrected chi connectivity index (χ4v) is 1.62. The molecule has 0 fully saturated rings. The molecule has 0 saturated heterocycles. The summed E-state index contributed by atoms with van der Waals surface area (Å²) >= 11 is 0. The molecule has 0 spiro atoms. The van der Waals surface area contributed by atoms with Gasteiger partial charge in [0.2, 0.25) is 5.91 Å². The molecular formula is C12H16N4O3. The SMILES string of the molecule is CC(CO)CNC(=O)Cn1nc2ccccn2c1=O. The lowest BCUT2D eigenvalue weighted by atomic mass is 10.2. The standard InChI is InChI=1S/C12H16N4O3/c1-9(8-17)6-13-11(18)7-16-12(19)15-5-3-2-4-10(15)14-16/h2-5,9,17H,6-8H2,1H3,(H,13,18). The predicted molar refractivity (Wildman–Crippen MR) is 68.7 cm³/mol. The van der Waals surface area contributed by atoms with Gasteiger partial charge in [0.1, 0.15) is 6.54 Å². The normalized spacial score (nSPS) is 12.5. The molecule has 7 heteroatoms. The molecule has 0 aliphatic rings. The average molecular weight is 264 g/mol. The Hall–Kier alpha value is -2.15. The van der Waals surface area contributed by atoms with Crippen molar-refractivity contribution in [2.75, 3.05) is 13.2 Å². The molecule has 1 unspecified atom stereocenters. The number of rotatable bonds is 5. The lowest BCUT2D eigenvalue weighted by molar-refractivity contribution is -0.122. The molecular weight excluding hydrogens is 248 g/mol. The van der Waals surface area contributed by atoms with E-state index < -0.39 is 0 Å². The lowest BCUT2D eigenvalue weighted by Gasteiger charge is -2.08. The van der Waals surface area contributed by atoms with E-state index in [1.807, 2.05) is 6.92 Å². The average Bonchev–Trinajstić information content (AvgIpc) is 2.73. The van der Waals surface area contributed by atoms with Crippen molar-refractivity contribution in [1.29, 1.82) is 0 Å². The molecule has 2 heterocycles. The van der Waals surface area contributed by atoms with Crippen LogP contribution >= 0.6 is 0 Å². The summed E-state index contributed by atoms with van der Waals surface area (Å²) in [6.07, 6.45) is 1.60. The molecule has 19 heavy (non-hydrogen) atoms. The minimum Gasteiger partial charge on any atom is -0.396 e. The van der Waals surface area contributed by atoms with Crippen LogP contribution in [0.5, 0.6) is 0 Å². The highest BCUT2D eigenvalue weighted by Crippen LogP contribution is 1.95. The lowest BCUT2D eigenvalue weighted by Crippen LogP contribution is -2.35. The Bertz CT molecular complexity index is 631. The molecule has 102 valence electrons. The molecule has 1 atom stereocenters. The summed E-state index contributed by atoms with van der Waals surface area (Å²) < 4.78 is 2.50. The highest BCUT2D eigenvalue weighted by molar-refractivity contribution is 5.75. The Morgan fingerprint density at radius 1 is 1.53 bits per heavy atom. The molecule has 7 nitrogen and oxygen atoms in total. The fourth-order valence-electron chi connectivity index (χ4n) is 1.62. The van der Waals surface area contributed by atoms with Crippen molar-refractivity contribution < 1.29 is 9.90 Å². The molecule has 0 aromatic carbocycles. The van der Waals surface area contributed by atoms with Crippen LogP contribution in [0.3, 0.4) is 0 Å². The molecule has 2 aromatic heterocycles. The highest BCUT2D eigenvalue weighted by Gasteiger charge is 2.10. The van der Waals surface area contributed by atoms with E-state index in [0.717, 1.165) is 4.68 Å². The summed E-state index contributed by atoms with van der Waals surface area (Å²) in [6, 6.07) is 5.20. The van der Waals surface area contributed by atoms with Crippen LogP contribution < -0.4 is 11.0 Å². The van der Waals surface area contributed by atoms with E-state index in [9.17, 15) is 9.59 Å². The van der Waals surface area contributed by atoms with E-state index in [0.29, 0.717) is 12.2 Å². The third-order valence-electron chi connectivity index (χ3n) is 2.74. The van der Waals surface area contributed by atoms with Gasteiger partial charge in [0.05, 0.1) is 0 Å². The molecule has 0 aliphatic carbocycles. The smallest absolute Gasteiger partial charge is 0.350 e. The van der Waals surface area contributed by atoms with Crippen LogP contribution in [0.1, 0.15) is 6.92 Å². The van der Waals surface area contributed by atoms with E-state index >= 15 is 0 Å². The first-order valence-electron chi connectivity index (χ1n) is 6.03. The van der Waals surface area contributed by atoms with Crippen LogP contribution in [-0.4, -0.2) is 38.3 Å². The van der Waals surface area contributed by atoms with Gasteiger partial charge in [-0.25, -0.2) is 9.48 Å². The minimum atomic E-state index is -0.346. The molecule has 0 radical (unpaired) electrons. The van der Waals surface area contributed by atoms with Crippen LogP contribution in [0.15, 0.2) is 29.2 Å². The Balaban J connectivity index is 2.07. The Morgan fingerprint density at radius 3 is 3.00 bits per heavy atom. The Labute approximate surface area is 109 Å². The largest absolute Gasteiger partial charge is 0.396 e. The van der Waals surface area contributed by atoms with Crippen molar-refractivity contribution in [1.82, 2.24) is 19.5 Å². The fraction of sp³-hybridized carbons (Fsp3) is 0.417. The number of aliphatic hydroxyl groups is 1. The maximum Gasteiger partial charge on any atom is 0.350 e. The van der Waals surface area contributed by atoms with Crippen molar-refractivity contribution in [3.63, 3.8) is 0 Å². The first kappa shape index (κ1) is 13.3. The van der Waals surface area contributed by atoms with Gasteiger partial charge in [-0.15, -0.1) is 5.10 Å². The zero-order valence-electron chi connectivity index (χ0n) is 10.6. The van der Waals surface area contributed by atoms with Gasteiger partial charge in [0.15, 0.2) is 5.65 Å². The Kier molecular flexibility index (Phi) is 3.96. The number of nitrogens with one attached hydrogen (secondary N) is 1. The number of hydrogen-bond acceptors (Lipinski definition) is 4. The van der Waals surface area contributed by atoms with Gasteiger partial charge in [-0.3, -0.25) is 9.20 Å². The highest BCUT2D eigenvalue weighted by atomic mass is 16.3. The van der Waals surface area contributed by atoms with E-state index in [4.69, 9.17) is 5.11 Å². The summed E-state index contributed by atoms with van der Waals surface area (Å²) in [5.74, 6) is -0.312. The maximum atomic E-state index is 11.9. The molecule has 1 amide bonds. The van der Waals surface area contributed by atoms with Crippen LogP contribution in [0.25, 0.3) is 5.65 Å². The van der Waals surface area contributed by atoms with Gasteiger partial charge in [0, 0.05) is 19.3 Å². The molecule has 2 rings (SSSR count). The summed E-state index contributed by atoms with van der Waals surface area (Å²) in [6.45, 7) is 2.07. The first-order valence-corrected chi connectivity index (χ1v) is 6.03. The van der Waals surface area contributed by atoms with Gasteiger partial charge in [-0.05, 0) is 18.1 Å². The number of hydrogen-bond donors (Lipinski definition) is 2. The number of carbonyl (C=O) groups is 1. The predicted octanol–water partition coefficient (Wildman–Crippen LogP) is -0.759. The summed E-state index contributed by atoms with van der Waals surface area (Å²) in [7, 11) is 0. The Morgan fingerprint density at radius 2 is 2.32 bits per heavy atom. The minimum absolute atomic E-state index is 0.00852. The van der Waals surface area contributed by atoms with Crippen molar-refractivity contribution in [2.24, 2.45) is 5.92 Å². The van der Waals surface area contributed by atoms with Gasteiger partial charge >= 0.3 is 5.69 Å². The quantitative estimate of drug-likeness (QED) is 0.743. The van der Waals surface area contributed by atoms with Crippen LogP contribution in [0.2, 0.25) is 0 Å². The molecule has 2 N–H and O–H groups in total. The number of aromatic nitrogens is 3. The number of pyridine rings is 1. The molecule has 0 saturated carbocycles. The first-order chi connectivity index (χ1) is 9.11. The number of nitrogens with zero attached hydrogens (tertiary/aromatic N) is 3. The summed E-state index contributed by atoms with van der Waals surface area (Å²) in [4.78, 5) is 23.6. The molecule has 0 bridgehead atoms. The molecule has 0 aliphatic heterocycles. The van der Waals surface area contributed by atoms with Crippen molar-refractivity contribution >= 4 is 11.6 Å². The van der Waals surface area contributed by atoms with Crippen LogP contribution in [-0.2, 0) is 11.3 Å². The van der Waals surface area contributed by atoms with E-state index in [1.54, 1.807) is 24.4 Å². The van der Waals surface area contributed by atoms with Crippen molar-refractivity contribution in [2.45, 2.75) is 13.5 Å². The van der Waals surface area contributed by atoms with E-state index in [-0.39, 0.29) is 30.7 Å². The number of aliphatic hydroxyl groups excluding tert-OH is 1. The summed E-state index contributed by atoms with van der Waals surface area (Å²) in [5.41, 5.74) is 0.157. The van der Waals surface area contributed by atoms with Gasteiger partial charge in [-0.1, -0.05) is 13.0 Å². The van der Waals surface area contributed by atoms with Crippen LogP contribution in [0, 0.1) is 5.92 Å². The second kappa shape index (κ2) is 5.66. The topological polar surface area (TPSA) is 88.6 Å². The third-order valence-corrected chi connectivity index (χ3v) is 2.74. The maximum absolute atomic E-state index is 11.9. The zero-order chi connectivity index (χ0) is 13.8. The second-order valence-corrected chi connectivity index (χ2v) is 4.46. The molecule has 2 aromatic rings. The van der Waals surface area contributed by atoms with E-state index in [1.165, 1.54) is 4.40 Å². The second-order valence-electron chi connectivity index (χ2n) is 4.46. The number of fused-ring (bicyclic) bond motifs is 1. The number of amides is 1. The summed E-state index contributed by atoms with van der Waals surface area (Å²) in [5, 5.41) is 15.6. The van der Waals surface area contributed by atoms with Crippen molar-refractivity contribution in [3.05, 3.63) is 34.9 Å². The van der Waals surface area contributed by atoms with Gasteiger partial charge < -0.3 is 10.4 Å². The zero-order valence-corrected chi connectivity index (χ0v) is 10.6.